The summed E-state index contributed by atoms with van der Waals surface area (Å²) in [5.74, 6) is -0.0271. The van der Waals surface area contributed by atoms with Crippen LogP contribution in [0.2, 0.25) is 0 Å². The van der Waals surface area contributed by atoms with E-state index in [0.717, 1.165) is 4.88 Å². The molecule has 2 heterocycles. The summed E-state index contributed by atoms with van der Waals surface area (Å²) in [6.45, 7) is 3.74. The predicted molar refractivity (Wildman–Crippen MR) is 80.3 cm³/mol. The molecule has 1 aliphatic heterocycles. The van der Waals surface area contributed by atoms with Crippen molar-refractivity contribution in [2.24, 2.45) is 0 Å². The van der Waals surface area contributed by atoms with Gasteiger partial charge in [-0.1, -0.05) is 13.0 Å². The highest BCUT2D eigenvalue weighted by Crippen LogP contribution is 2.31. The molecule has 7 heteroatoms. The van der Waals surface area contributed by atoms with Crippen molar-refractivity contribution in [1.82, 2.24) is 10.2 Å². The first-order valence-electron chi connectivity index (χ1n) is 6.63. The summed E-state index contributed by atoms with van der Waals surface area (Å²) < 4.78 is 23.0. The Kier molecular flexibility index (Phi) is 4.51. The maximum absolute atomic E-state index is 12.4. The number of thiophene rings is 1. The van der Waals surface area contributed by atoms with E-state index in [-0.39, 0.29) is 29.9 Å². The largest absolute Gasteiger partial charge is 0.317 e. The van der Waals surface area contributed by atoms with Crippen LogP contribution in [0.1, 0.15) is 31.3 Å². The van der Waals surface area contributed by atoms with Crippen LogP contribution < -0.4 is 5.32 Å². The molecule has 3 atom stereocenters. The van der Waals surface area contributed by atoms with Gasteiger partial charge >= 0.3 is 0 Å². The van der Waals surface area contributed by atoms with Gasteiger partial charge in [0.2, 0.25) is 5.91 Å². The fourth-order valence-electron chi connectivity index (χ4n) is 2.60. The Labute approximate surface area is 123 Å². The summed E-state index contributed by atoms with van der Waals surface area (Å²) in [5.41, 5.74) is 0. The molecule has 1 aromatic heterocycles. The number of hydrogen-bond donors (Lipinski definition) is 1. The van der Waals surface area contributed by atoms with Crippen LogP contribution >= 0.6 is 11.3 Å². The van der Waals surface area contributed by atoms with Gasteiger partial charge in [-0.3, -0.25) is 10.1 Å². The number of carbonyl (C=O) groups is 1. The highest BCUT2D eigenvalue weighted by atomic mass is 32.2. The summed E-state index contributed by atoms with van der Waals surface area (Å²) >= 11 is 1.57. The minimum absolute atomic E-state index is 0.0120. The number of nitrogens with zero attached hydrogens (tertiary/aromatic N) is 1. The van der Waals surface area contributed by atoms with Crippen molar-refractivity contribution >= 4 is 27.1 Å². The lowest BCUT2D eigenvalue weighted by Gasteiger charge is -2.29. The monoisotopic (exact) mass is 316 g/mol. The Morgan fingerprint density at radius 2 is 2.20 bits per heavy atom. The highest BCUT2D eigenvalue weighted by molar-refractivity contribution is 7.90. The molecule has 0 radical (unpaired) electrons. The molecule has 0 aromatic carbocycles. The van der Waals surface area contributed by atoms with Crippen molar-refractivity contribution in [3.8, 4) is 0 Å². The number of amides is 1. The lowest BCUT2D eigenvalue weighted by Crippen LogP contribution is -2.41. The van der Waals surface area contributed by atoms with Gasteiger partial charge in [-0.05, 0) is 24.8 Å². The van der Waals surface area contributed by atoms with Crippen LogP contribution in [0.4, 0.5) is 0 Å². The third-order valence-corrected chi connectivity index (χ3v) is 5.44. The molecule has 3 unspecified atom stereocenters. The average molecular weight is 316 g/mol. The molecule has 0 saturated carbocycles. The number of sulfone groups is 1. The second-order valence-electron chi connectivity index (χ2n) is 5.23. The van der Waals surface area contributed by atoms with Crippen molar-refractivity contribution in [3.05, 3.63) is 22.4 Å². The fourth-order valence-corrected chi connectivity index (χ4v) is 4.42. The second-order valence-corrected chi connectivity index (χ2v) is 8.40. The molecule has 0 spiro atoms. The first kappa shape index (κ1) is 15.5. The van der Waals surface area contributed by atoms with Crippen molar-refractivity contribution < 1.29 is 13.2 Å². The van der Waals surface area contributed by atoms with E-state index in [1.54, 1.807) is 23.2 Å². The topological polar surface area (TPSA) is 66.5 Å². The Balaban J connectivity index is 2.28. The van der Waals surface area contributed by atoms with E-state index in [1.807, 2.05) is 24.4 Å². The van der Waals surface area contributed by atoms with E-state index in [1.165, 1.54) is 6.26 Å². The molecule has 1 aliphatic rings. The van der Waals surface area contributed by atoms with Gasteiger partial charge in [0.15, 0.2) is 0 Å². The van der Waals surface area contributed by atoms with Gasteiger partial charge in [0.25, 0.3) is 0 Å². The maximum atomic E-state index is 12.4. The molecule has 1 amide bonds. The Morgan fingerprint density at radius 3 is 2.70 bits per heavy atom. The molecule has 1 aromatic rings. The van der Waals surface area contributed by atoms with Gasteiger partial charge in [-0.15, -0.1) is 11.3 Å². The third kappa shape index (κ3) is 3.21. The normalized spacial score (nSPS) is 25.1. The van der Waals surface area contributed by atoms with Crippen molar-refractivity contribution in [2.45, 2.75) is 38.5 Å². The van der Waals surface area contributed by atoms with Gasteiger partial charge in [-0.25, -0.2) is 8.42 Å². The Bertz CT molecular complexity index is 568. The van der Waals surface area contributed by atoms with Gasteiger partial charge in [0.05, 0.1) is 11.8 Å². The summed E-state index contributed by atoms with van der Waals surface area (Å²) in [7, 11) is -3.12. The SMILES string of the molecule is CCC1NC(c2cccs2)N(C(C)CS(C)(=O)=O)C1=O. The molecule has 0 bridgehead atoms. The summed E-state index contributed by atoms with van der Waals surface area (Å²) in [6, 6.07) is 3.33. The molecule has 1 fully saturated rings. The fraction of sp³-hybridized carbons (Fsp3) is 0.615. The van der Waals surface area contributed by atoms with Crippen LogP contribution in [0.15, 0.2) is 17.5 Å². The quantitative estimate of drug-likeness (QED) is 0.891. The van der Waals surface area contributed by atoms with Crippen LogP contribution in [0, 0.1) is 0 Å². The molecule has 20 heavy (non-hydrogen) atoms. The van der Waals surface area contributed by atoms with Crippen molar-refractivity contribution in [2.75, 3.05) is 12.0 Å². The lowest BCUT2D eigenvalue weighted by atomic mass is 10.2. The molecule has 1 saturated heterocycles. The molecule has 0 aliphatic carbocycles. The number of carbonyl (C=O) groups excluding carboxylic acids is 1. The number of nitrogens with one attached hydrogen (secondary N) is 1. The van der Waals surface area contributed by atoms with Crippen molar-refractivity contribution in [3.63, 3.8) is 0 Å². The molecular formula is C13H20N2O3S2. The molecule has 112 valence electrons. The molecule has 2 rings (SSSR count). The summed E-state index contributed by atoms with van der Waals surface area (Å²) in [6.07, 6.45) is 1.68. The van der Waals surface area contributed by atoms with Gasteiger partial charge in [-0.2, -0.15) is 0 Å². The Hall–Kier alpha value is -0.920. The first-order valence-corrected chi connectivity index (χ1v) is 9.57. The van der Waals surface area contributed by atoms with E-state index in [9.17, 15) is 13.2 Å². The van der Waals surface area contributed by atoms with Crippen LogP contribution in [0.5, 0.6) is 0 Å². The van der Waals surface area contributed by atoms with Gasteiger partial charge in [0.1, 0.15) is 16.0 Å². The third-order valence-electron chi connectivity index (χ3n) is 3.43. The van der Waals surface area contributed by atoms with Crippen LogP contribution in [-0.4, -0.2) is 43.3 Å². The van der Waals surface area contributed by atoms with E-state index in [0.29, 0.717) is 6.42 Å². The zero-order valence-electron chi connectivity index (χ0n) is 11.9. The van der Waals surface area contributed by atoms with E-state index >= 15 is 0 Å². The highest BCUT2D eigenvalue weighted by Gasteiger charge is 2.42. The average Bonchev–Trinajstić information content (AvgIpc) is 2.93. The van der Waals surface area contributed by atoms with Gasteiger partial charge < -0.3 is 4.90 Å². The predicted octanol–water partition coefficient (Wildman–Crippen LogP) is 1.39. The second kappa shape index (κ2) is 5.83. The first-order chi connectivity index (χ1) is 9.33. The zero-order valence-corrected chi connectivity index (χ0v) is 13.5. The van der Waals surface area contributed by atoms with E-state index in [4.69, 9.17) is 0 Å². The summed E-state index contributed by atoms with van der Waals surface area (Å²) in [4.78, 5) is 15.2. The smallest absolute Gasteiger partial charge is 0.241 e. The molecular weight excluding hydrogens is 296 g/mol. The standard InChI is InChI=1S/C13H20N2O3S2/c1-4-10-13(16)15(9(2)8-20(3,17)18)12(14-10)11-6-5-7-19-11/h5-7,9-10,12,14H,4,8H2,1-3H3. The van der Waals surface area contributed by atoms with Crippen LogP contribution in [0.25, 0.3) is 0 Å². The molecule has 5 nitrogen and oxygen atoms in total. The Morgan fingerprint density at radius 1 is 1.50 bits per heavy atom. The number of hydrogen-bond acceptors (Lipinski definition) is 5. The molecule has 1 N–H and O–H groups in total. The van der Waals surface area contributed by atoms with Crippen LogP contribution in [0.3, 0.4) is 0 Å². The van der Waals surface area contributed by atoms with Crippen molar-refractivity contribution in [1.29, 1.82) is 0 Å². The minimum atomic E-state index is -3.12. The summed E-state index contributed by atoms with van der Waals surface area (Å²) in [5, 5.41) is 5.26. The van der Waals surface area contributed by atoms with Gasteiger partial charge in [0, 0.05) is 17.2 Å². The maximum Gasteiger partial charge on any atom is 0.241 e. The lowest BCUT2D eigenvalue weighted by molar-refractivity contribution is -0.131. The van der Waals surface area contributed by atoms with E-state index < -0.39 is 9.84 Å². The van der Waals surface area contributed by atoms with Crippen LogP contribution in [-0.2, 0) is 14.6 Å². The number of rotatable bonds is 5. The van der Waals surface area contributed by atoms with E-state index in [2.05, 4.69) is 5.32 Å². The minimum Gasteiger partial charge on any atom is -0.317 e. The zero-order chi connectivity index (χ0) is 14.9.